The van der Waals surface area contributed by atoms with Crippen LogP contribution in [-0.2, 0) is 4.79 Å². The summed E-state index contributed by atoms with van der Waals surface area (Å²) in [6.45, 7) is 5.06. The fourth-order valence-corrected chi connectivity index (χ4v) is 4.71. The summed E-state index contributed by atoms with van der Waals surface area (Å²) in [4.78, 5) is 24.5. The fraction of sp³-hybridized carbons (Fsp3) is 0.542. The summed E-state index contributed by atoms with van der Waals surface area (Å²) < 4.78 is 35.2. The third-order valence-electron chi connectivity index (χ3n) is 6.35. The van der Waals surface area contributed by atoms with Gasteiger partial charge in [0, 0.05) is 37.7 Å². The second-order valence-corrected chi connectivity index (χ2v) is 9.27. The zero-order chi connectivity index (χ0) is 23.7. The van der Waals surface area contributed by atoms with Gasteiger partial charge in [0.1, 0.15) is 12.3 Å². The second-order valence-electron chi connectivity index (χ2n) is 9.27. The first-order valence-corrected chi connectivity index (χ1v) is 11.5. The highest BCUT2D eigenvalue weighted by Gasteiger charge is 2.29. The van der Waals surface area contributed by atoms with Crippen molar-refractivity contribution in [3.05, 3.63) is 30.0 Å². The molecule has 0 spiro atoms. The topological polar surface area (TPSA) is 70.6 Å². The lowest BCUT2D eigenvalue weighted by Crippen LogP contribution is -2.38. The molecular formula is C24H31F2N5O2. The number of carbonyl (C=O) groups is 1. The van der Waals surface area contributed by atoms with Gasteiger partial charge in [0.2, 0.25) is 11.9 Å². The van der Waals surface area contributed by atoms with Gasteiger partial charge in [-0.05, 0) is 45.2 Å². The molecule has 2 atom stereocenters. The van der Waals surface area contributed by atoms with Crippen LogP contribution in [0.2, 0.25) is 0 Å². The van der Waals surface area contributed by atoms with Crippen LogP contribution in [0.3, 0.4) is 0 Å². The van der Waals surface area contributed by atoms with Crippen molar-refractivity contribution in [2.24, 2.45) is 5.92 Å². The van der Waals surface area contributed by atoms with Crippen LogP contribution in [0.1, 0.15) is 39.5 Å². The Bertz CT molecular complexity index is 1030. The molecular weight excluding hydrogens is 428 g/mol. The number of amides is 1. The number of hydrogen-bond acceptors (Lipinski definition) is 6. The number of ether oxygens (including phenoxy) is 1. The summed E-state index contributed by atoms with van der Waals surface area (Å²) >= 11 is 0. The summed E-state index contributed by atoms with van der Waals surface area (Å²) in [6, 6.07) is 3.12. The van der Waals surface area contributed by atoms with Crippen LogP contribution in [0.25, 0.3) is 11.3 Å². The molecule has 1 amide bonds. The summed E-state index contributed by atoms with van der Waals surface area (Å²) in [6.07, 6.45) is 4.41. The van der Waals surface area contributed by atoms with E-state index >= 15 is 0 Å². The average molecular weight is 460 g/mol. The van der Waals surface area contributed by atoms with Gasteiger partial charge in [-0.1, -0.05) is 6.42 Å². The fourth-order valence-electron chi connectivity index (χ4n) is 4.71. The highest BCUT2D eigenvalue weighted by molar-refractivity contribution is 5.78. The molecule has 2 aliphatic rings. The molecule has 2 heterocycles. The minimum Gasteiger partial charge on any atom is -0.486 e. The van der Waals surface area contributed by atoms with Crippen LogP contribution in [-0.4, -0.2) is 60.1 Å². The maximum absolute atomic E-state index is 14.9. The molecule has 0 radical (unpaired) electrons. The van der Waals surface area contributed by atoms with Crippen molar-refractivity contribution in [3.8, 4) is 17.0 Å². The molecule has 1 aromatic carbocycles. The molecule has 33 heavy (non-hydrogen) atoms. The van der Waals surface area contributed by atoms with Gasteiger partial charge in [0.25, 0.3) is 0 Å². The van der Waals surface area contributed by atoms with E-state index in [-0.39, 0.29) is 41.3 Å². The average Bonchev–Trinajstić information content (AvgIpc) is 2.79. The molecule has 2 unspecified atom stereocenters. The molecule has 1 fully saturated rings. The molecule has 0 saturated heterocycles. The number of aromatic nitrogens is 2. The number of carbonyl (C=O) groups excluding carboxylic acids is 1. The Morgan fingerprint density at radius 1 is 1.24 bits per heavy atom. The van der Waals surface area contributed by atoms with E-state index in [1.165, 1.54) is 6.07 Å². The van der Waals surface area contributed by atoms with Crippen LogP contribution in [0.15, 0.2) is 18.3 Å². The summed E-state index contributed by atoms with van der Waals surface area (Å²) in [7, 11) is 3.52. The predicted octanol–water partition coefficient (Wildman–Crippen LogP) is 4.09. The first-order chi connectivity index (χ1) is 15.7. The molecule has 178 valence electrons. The number of fused-ring (bicyclic) bond motifs is 1. The van der Waals surface area contributed by atoms with Crippen molar-refractivity contribution in [2.75, 3.05) is 37.5 Å². The van der Waals surface area contributed by atoms with Gasteiger partial charge in [-0.25, -0.2) is 18.7 Å². The Balaban J connectivity index is 1.60. The van der Waals surface area contributed by atoms with Crippen LogP contribution < -0.4 is 15.0 Å². The van der Waals surface area contributed by atoms with Crippen LogP contribution in [0, 0.1) is 17.6 Å². The Labute approximate surface area is 193 Å². The van der Waals surface area contributed by atoms with E-state index in [9.17, 15) is 13.6 Å². The quantitative estimate of drug-likeness (QED) is 0.726. The number of halogens is 2. The zero-order valence-electron chi connectivity index (χ0n) is 19.6. The van der Waals surface area contributed by atoms with E-state index < -0.39 is 11.6 Å². The number of nitrogens with one attached hydrogen (secondary N) is 1. The van der Waals surface area contributed by atoms with Crippen molar-refractivity contribution in [1.82, 2.24) is 14.9 Å². The van der Waals surface area contributed by atoms with Crippen LogP contribution in [0.5, 0.6) is 5.75 Å². The minimum absolute atomic E-state index is 0.0102. The Kier molecular flexibility index (Phi) is 6.67. The summed E-state index contributed by atoms with van der Waals surface area (Å²) in [5.74, 6) is -0.656. The highest BCUT2D eigenvalue weighted by atomic mass is 19.1. The van der Waals surface area contributed by atoms with Crippen molar-refractivity contribution in [2.45, 2.75) is 51.6 Å². The molecule has 9 heteroatoms. The first-order valence-electron chi connectivity index (χ1n) is 11.5. The third kappa shape index (κ3) is 4.86. The number of nitrogens with zero attached hydrogens (tertiary/aromatic N) is 4. The standard InChI is InChI=1S/C24H31F2N5O2/c1-14(2)31-8-9-33-22-18(25)11-16(12-20(22)31)21-19(26)13-27-24(29-21)28-17-7-5-6-15(10-17)23(32)30(3)4/h11-15,17H,5-10H2,1-4H3,(H,27,28,29). The van der Waals surface area contributed by atoms with Crippen molar-refractivity contribution >= 4 is 17.5 Å². The van der Waals surface area contributed by atoms with Gasteiger partial charge in [-0.2, -0.15) is 0 Å². The van der Waals surface area contributed by atoms with Gasteiger partial charge in [-0.3, -0.25) is 4.79 Å². The molecule has 1 N–H and O–H groups in total. The van der Waals surface area contributed by atoms with E-state index in [0.717, 1.165) is 25.5 Å². The van der Waals surface area contributed by atoms with E-state index in [0.29, 0.717) is 30.8 Å². The van der Waals surface area contributed by atoms with Crippen molar-refractivity contribution < 1.29 is 18.3 Å². The van der Waals surface area contributed by atoms with Crippen LogP contribution in [0.4, 0.5) is 20.4 Å². The predicted molar refractivity (Wildman–Crippen MR) is 123 cm³/mol. The maximum atomic E-state index is 14.9. The minimum atomic E-state index is -0.628. The normalized spacial score (nSPS) is 20.3. The monoisotopic (exact) mass is 459 g/mol. The second kappa shape index (κ2) is 9.49. The Morgan fingerprint density at radius 3 is 2.76 bits per heavy atom. The SMILES string of the molecule is CC(C)N1CCOc2c(F)cc(-c3nc(NC4CCCC(C(=O)N(C)C)C4)ncc3F)cc21. The lowest BCUT2D eigenvalue weighted by Gasteiger charge is -2.34. The van der Waals surface area contributed by atoms with E-state index in [1.807, 2.05) is 18.7 Å². The van der Waals surface area contributed by atoms with Gasteiger partial charge >= 0.3 is 0 Å². The lowest BCUT2D eigenvalue weighted by atomic mass is 9.85. The molecule has 1 saturated carbocycles. The van der Waals surface area contributed by atoms with Crippen molar-refractivity contribution in [1.29, 1.82) is 0 Å². The number of anilines is 2. The molecule has 1 aliphatic carbocycles. The van der Waals surface area contributed by atoms with E-state index in [4.69, 9.17) is 4.74 Å². The lowest BCUT2D eigenvalue weighted by molar-refractivity contribution is -0.134. The first kappa shape index (κ1) is 23.2. The molecule has 7 nitrogen and oxygen atoms in total. The van der Waals surface area contributed by atoms with E-state index in [1.54, 1.807) is 25.1 Å². The molecule has 1 aromatic heterocycles. The van der Waals surface area contributed by atoms with Gasteiger partial charge in [0.15, 0.2) is 17.4 Å². The van der Waals surface area contributed by atoms with Gasteiger partial charge < -0.3 is 19.9 Å². The summed E-state index contributed by atoms with van der Waals surface area (Å²) in [5.41, 5.74) is 0.950. The van der Waals surface area contributed by atoms with Crippen molar-refractivity contribution in [3.63, 3.8) is 0 Å². The Morgan fingerprint density at radius 2 is 2.03 bits per heavy atom. The molecule has 4 rings (SSSR count). The number of rotatable bonds is 5. The van der Waals surface area contributed by atoms with E-state index in [2.05, 4.69) is 15.3 Å². The summed E-state index contributed by atoms with van der Waals surface area (Å²) in [5, 5.41) is 3.26. The van der Waals surface area contributed by atoms with Crippen LogP contribution >= 0.6 is 0 Å². The molecule has 0 bridgehead atoms. The largest absolute Gasteiger partial charge is 0.486 e. The smallest absolute Gasteiger partial charge is 0.225 e. The van der Waals surface area contributed by atoms with Gasteiger partial charge in [-0.15, -0.1) is 0 Å². The third-order valence-corrected chi connectivity index (χ3v) is 6.35. The van der Waals surface area contributed by atoms with Gasteiger partial charge in [0.05, 0.1) is 18.4 Å². The number of hydrogen-bond donors (Lipinski definition) is 1. The highest BCUT2D eigenvalue weighted by Crippen LogP contribution is 2.39. The molecule has 2 aromatic rings. The zero-order valence-corrected chi connectivity index (χ0v) is 19.6. The number of benzene rings is 1. The molecule has 1 aliphatic heterocycles. The Hall–Kier alpha value is -2.97. The maximum Gasteiger partial charge on any atom is 0.225 e.